The van der Waals surface area contributed by atoms with Crippen LogP contribution in [0.15, 0.2) is 52.0 Å². The second-order valence-electron chi connectivity index (χ2n) is 8.30. The molecular weight excluding hydrogens is 376 g/mol. The molecule has 6 nitrogen and oxygen atoms in total. The number of furan rings is 1. The maximum absolute atomic E-state index is 12.6. The molecule has 1 aliphatic heterocycles. The highest BCUT2D eigenvalue weighted by Gasteiger charge is 2.19. The van der Waals surface area contributed by atoms with Crippen molar-refractivity contribution in [1.29, 1.82) is 0 Å². The molecule has 0 aliphatic carbocycles. The summed E-state index contributed by atoms with van der Waals surface area (Å²) in [4.78, 5) is 23.3. The highest BCUT2D eigenvalue weighted by atomic mass is 16.3. The van der Waals surface area contributed by atoms with Crippen molar-refractivity contribution in [1.82, 2.24) is 9.88 Å². The highest BCUT2D eigenvalue weighted by molar-refractivity contribution is 5.93. The van der Waals surface area contributed by atoms with E-state index in [0.717, 1.165) is 45.8 Å². The number of amides is 1. The van der Waals surface area contributed by atoms with Crippen molar-refractivity contribution in [3.63, 3.8) is 0 Å². The van der Waals surface area contributed by atoms with Crippen LogP contribution >= 0.6 is 0 Å². The van der Waals surface area contributed by atoms with E-state index in [4.69, 9.17) is 4.42 Å². The lowest BCUT2D eigenvalue weighted by Gasteiger charge is -2.17. The number of hydrogen-bond donors (Lipinski definition) is 1. The zero-order valence-electron chi connectivity index (χ0n) is 17.8. The van der Waals surface area contributed by atoms with Crippen molar-refractivity contribution in [2.75, 3.05) is 18.9 Å². The van der Waals surface area contributed by atoms with E-state index in [9.17, 15) is 4.79 Å². The number of aromatic nitrogens is 1. The molecule has 0 saturated heterocycles. The van der Waals surface area contributed by atoms with Gasteiger partial charge in [0, 0.05) is 48.6 Å². The van der Waals surface area contributed by atoms with Gasteiger partial charge < -0.3 is 14.6 Å². The van der Waals surface area contributed by atoms with Gasteiger partial charge in [-0.05, 0) is 44.5 Å². The smallest absolute Gasteiger partial charge is 0.246 e. The van der Waals surface area contributed by atoms with Crippen LogP contribution < -0.4 is 5.32 Å². The van der Waals surface area contributed by atoms with Gasteiger partial charge in [0.15, 0.2) is 0 Å². The molecule has 30 heavy (non-hydrogen) atoms. The molecule has 154 valence electrons. The van der Waals surface area contributed by atoms with Crippen LogP contribution in [0.2, 0.25) is 0 Å². The molecule has 0 spiro atoms. The standard InChI is InChI=1S/C24H26N4O2/c1-16-19-7-5-6-8-20(19)30-21(16)14-28(4)22(29)10-9-17-11-18-13-27-24(2,3)15-26-23(18)25-12-17/h5-13H,14-15H2,1-4H3,(H,25,26). The lowest BCUT2D eigenvalue weighted by Crippen LogP contribution is -2.26. The average molecular weight is 402 g/mol. The van der Waals surface area contributed by atoms with Crippen LogP contribution in [0.1, 0.15) is 36.3 Å². The number of rotatable bonds is 4. The van der Waals surface area contributed by atoms with E-state index in [1.807, 2.05) is 43.5 Å². The molecule has 3 aromatic rings. The van der Waals surface area contributed by atoms with E-state index in [2.05, 4.69) is 29.1 Å². The Bertz CT molecular complexity index is 1160. The Labute approximate surface area is 176 Å². The minimum absolute atomic E-state index is 0.0993. The molecule has 1 amide bonds. The lowest BCUT2D eigenvalue weighted by atomic mass is 10.1. The first kappa shape index (κ1) is 19.9. The van der Waals surface area contributed by atoms with Gasteiger partial charge in [-0.3, -0.25) is 9.79 Å². The number of nitrogens with one attached hydrogen (secondary N) is 1. The first-order valence-corrected chi connectivity index (χ1v) is 10.0. The minimum Gasteiger partial charge on any atom is -0.459 e. The molecule has 4 rings (SSSR count). The fourth-order valence-electron chi connectivity index (χ4n) is 3.39. The summed E-state index contributed by atoms with van der Waals surface area (Å²) in [6.45, 7) is 7.30. The molecule has 1 aliphatic rings. The van der Waals surface area contributed by atoms with Gasteiger partial charge in [-0.1, -0.05) is 18.2 Å². The zero-order valence-corrected chi connectivity index (χ0v) is 17.8. The molecule has 0 fully saturated rings. The van der Waals surface area contributed by atoms with E-state index in [-0.39, 0.29) is 11.4 Å². The van der Waals surface area contributed by atoms with Gasteiger partial charge in [0.25, 0.3) is 0 Å². The number of benzene rings is 1. The number of carbonyl (C=O) groups is 1. The number of aryl methyl sites for hydroxylation is 1. The fourth-order valence-corrected chi connectivity index (χ4v) is 3.39. The molecule has 0 bridgehead atoms. The minimum atomic E-state index is -0.176. The van der Waals surface area contributed by atoms with Crippen molar-refractivity contribution in [3.8, 4) is 0 Å². The molecule has 0 unspecified atom stereocenters. The summed E-state index contributed by atoms with van der Waals surface area (Å²) in [6, 6.07) is 9.89. The molecule has 1 aromatic carbocycles. The van der Waals surface area contributed by atoms with E-state index < -0.39 is 0 Å². The SMILES string of the molecule is Cc1c(CN(C)C(=O)C=Cc2cnc3c(c2)C=NC(C)(C)CN3)oc2ccccc12. The number of aliphatic imine (C=N–C) groups is 1. The van der Waals surface area contributed by atoms with E-state index >= 15 is 0 Å². The summed E-state index contributed by atoms with van der Waals surface area (Å²) in [5, 5.41) is 4.41. The van der Waals surface area contributed by atoms with Crippen molar-refractivity contribution >= 4 is 35.0 Å². The van der Waals surface area contributed by atoms with Gasteiger partial charge in [-0.25, -0.2) is 4.98 Å². The maximum atomic E-state index is 12.6. The Morgan fingerprint density at radius 2 is 2.13 bits per heavy atom. The summed E-state index contributed by atoms with van der Waals surface area (Å²) in [5.74, 6) is 1.51. The van der Waals surface area contributed by atoms with Crippen molar-refractivity contribution in [2.45, 2.75) is 32.9 Å². The zero-order chi connectivity index (χ0) is 21.3. The Morgan fingerprint density at radius 1 is 1.33 bits per heavy atom. The highest BCUT2D eigenvalue weighted by Crippen LogP contribution is 2.26. The quantitative estimate of drug-likeness (QED) is 0.656. The summed E-state index contributed by atoms with van der Waals surface area (Å²) in [6.07, 6.45) is 6.94. The second kappa shape index (κ2) is 7.78. The largest absolute Gasteiger partial charge is 0.459 e. The lowest BCUT2D eigenvalue weighted by molar-refractivity contribution is -0.125. The van der Waals surface area contributed by atoms with Crippen LogP contribution in [-0.4, -0.2) is 41.1 Å². The number of nitrogens with zero attached hydrogens (tertiary/aromatic N) is 3. The van der Waals surface area contributed by atoms with Gasteiger partial charge in [0.05, 0.1) is 12.1 Å². The second-order valence-corrected chi connectivity index (χ2v) is 8.30. The molecular formula is C24H26N4O2. The summed E-state index contributed by atoms with van der Waals surface area (Å²) < 4.78 is 5.92. The van der Waals surface area contributed by atoms with Gasteiger partial charge in [0.1, 0.15) is 17.2 Å². The molecule has 6 heteroatoms. The summed E-state index contributed by atoms with van der Waals surface area (Å²) in [7, 11) is 1.77. The van der Waals surface area contributed by atoms with Crippen LogP contribution in [0.5, 0.6) is 0 Å². The van der Waals surface area contributed by atoms with Crippen LogP contribution in [0, 0.1) is 6.92 Å². The van der Waals surface area contributed by atoms with Crippen LogP contribution in [-0.2, 0) is 11.3 Å². The molecule has 2 aromatic heterocycles. The maximum Gasteiger partial charge on any atom is 0.246 e. The Morgan fingerprint density at radius 3 is 2.93 bits per heavy atom. The average Bonchev–Trinajstić information content (AvgIpc) is 2.95. The van der Waals surface area contributed by atoms with Gasteiger partial charge in [-0.15, -0.1) is 0 Å². The number of carbonyl (C=O) groups excluding carboxylic acids is 1. The Kier molecular flexibility index (Phi) is 5.16. The first-order chi connectivity index (χ1) is 14.3. The third kappa shape index (κ3) is 4.13. The fraction of sp³-hybridized carbons (Fsp3) is 0.292. The third-order valence-electron chi connectivity index (χ3n) is 5.30. The van der Waals surface area contributed by atoms with E-state index in [1.54, 1.807) is 30.3 Å². The number of likely N-dealkylation sites (N-methyl/N-ethyl adjacent to an activating group) is 1. The molecule has 3 heterocycles. The predicted molar refractivity (Wildman–Crippen MR) is 121 cm³/mol. The topological polar surface area (TPSA) is 70.7 Å². The van der Waals surface area contributed by atoms with Crippen LogP contribution in [0.25, 0.3) is 17.0 Å². The van der Waals surface area contributed by atoms with E-state index in [1.165, 1.54) is 0 Å². The predicted octanol–water partition coefficient (Wildman–Crippen LogP) is 4.43. The van der Waals surface area contributed by atoms with Crippen molar-refractivity contribution < 1.29 is 9.21 Å². The number of para-hydroxylation sites is 1. The Hall–Kier alpha value is -3.41. The molecule has 0 atom stereocenters. The molecule has 0 saturated carbocycles. The number of hydrogen-bond acceptors (Lipinski definition) is 5. The Balaban J connectivity index is 1.47. The normalized spacial score (nSPS) is 15.1. The number of pyridine rings is 1. The monoisotopic (exact) mass is 402 g/mol. The van der Waals surface area contributed by atoms with Gasteiger partial charge >= 0.3 is 0 Å². The van der Waals surface area contributed by atoms with Gasteiger partial charge in [-0.2, -0.15) is 0 Å². The summed E-state index contributed by atoms with van der Waals surface area (Å²) in [5.41, 5.74) is 3.50. The first-order valence-electron chi connectivity index (χ1n) is 10.0. The number of fused-ring (bicyclic) bond motifs is 2. The van der Waals surface area contributed by atoms with Crippen LogP contribution in [0.4, 0.5) is 5.82 Å². The molecule has 1 N–H and O–H groups in total. The van der Waals surface area contributed by atoms with Crippen molar-refractivity contribution in [2.24, 2.45) is 4.99 Å². The van der Waals surface area contributed by atoms with Gasteiger partial charge in [0.2, 0.25) is 5.91 Å². The van der Waals surface area contributed by atoms with Crippen LogP contribution in [0.3, 0.4) is 0 Å². The van der Waals surface area contributed by atoms with E-state index in [0.29, 0.717) is 6.54 Å². The number of anilines is 1. The van der Waals surface area contributed by atoms with Crippen molar-refractivity contribution in [3.05, 3.63) is 65.1 Å². The summed E-state index contributed by atoms with van der Waals surface area (Å²) >= 11 is 0. The third-order valence-corrected chi connectivity index (χ3v) is 5.30. The molecule has 0 radical (unpaired) electrons.